The molecule has 0 aliphatic rings. The molecule has 1 aromatic heterocycles. The first kappa shape index (κ1) is 15.0. The summed E-state index contributed by atoms with van der Waals surface area (Å²) in [5.41, 5.74) is -1.75. The molecule has 2 aromatic rings. The third-order valence-electron chi connectivity index (χ3n) is 2.55. The van der Waals surface area contributed by atoms with Crippen molar-refractivity contribution in [1.29, 1.82) is 0 Å². The highest BCUT2D eigenvalue weighted by molar-refractivity contribution is 7.07. The van der Waals surface area contributed by atoms with Crippen molar-refractivity contribution < 1.29 is 18.1 Å². The molecule has 1 heterocycles. The Hall–Kier alpha value is -2.36. The minimum Gasteiger partial charge on any atom is -0.379 e. The van der Waals surface area contributed by atoms with Crippen molar-refractivity contribution in [2.24, 2.45) is 0 Å². The quantitative estimate of drug-likeness (QED) is 0.670. The first-order chi connectivity index (χ1) is 9.77. The molecule has 0 fully saturated rings. The number of aromatic amines is 1. The topological polar surface area (TPSA) is 88.0 Å². The van der Waals surface area contributed by atoms with Gasteiger partial charge in [-0.3, -0.25) is 14.9 Å². The molecule has 10 heteroatoms. The maximum Gasteiger partial charge on any atom is 0.423 e. The number of H-pyrrole nitrogens is 1. The number of hydrogen-bond donors (Lipinski definition) is 2. The van der Waals surface area contributed by atoms with E-state index >= 15 is 0 Å². The molecule has 0 saturated carbocycles. The Morgan fingerprint density at radius 3 is 2.62 bits per heavy atom. The second-order valence-corrected chi connectivity index (χ2v) is 4.86. The number of thiazole rings is 1. The van der Waals surface area contributed by atoms with Crippen molar-refractivity contribution in [1.82, 2.24) is 4.98 Å². The smallest absolute Gasteiger partial charge is 0.379 e. The molecule has 0 spiro atoms. The Labute approximate surface area is 119 Å². The van der Waals surface area contributed by atoms with Gasteiger partial charge < -0.3 is 10.3 Å². The fourth-order valence-electron chi connectivity index (χ4n) is 1.63. The minimum absolute atomic E-state index is 0.0694. The van der Waals surface area contributed by atoms with Crippen molar-refractivity contribution in [3.05, 3.63) is 54.6 Å². The van der Waals surface area contributed by atoms with E-state index in [0.717, 1.165) is 17.4 Å². The van der Waals surface area contributed by atoms with Gasteiger partial charge >= 0.3 is 11.0 Å². The van der Waals surface area contributed by atoms with Crippen LogP contribution in [0.25, 0.3) is 0 Å². The van der Waals surface area contributed by atoms with Gasteiger partial charge in [0.05, 0.1) is 11.5 Å². The van der Waals surface area contributed by atoms with E-state index < -0.39 is 22.4 Å². The Balaban J connectivity index is 2.25. The Morgan fingerprint density at radius 1 is 1.38 bits per heavy atom. The standard InChI is InChI=1S/C11H8F3N3O3S/c12-11(13,14)8-3-6(1-2-9(8)17(19)20)15-4-7-5-21-10(18)16-7/h1-3,5,15H,4H2,(H,16,18). The van der Waals surface area contributed by atoms with E-state index in [2.05, 4.69) is 10.3 Å². The van der Waals surface area contributed by atoms with Gasteiger partial charge in [-0.2, -0.15) is 13.2 Å². The predicted octanol–water partition coefficient (Wildman–Crippen LogP) is 2.98. The molecule has 0 radical (unpaired) electrons. The highest BCUT2D eigenvalue weighted by Crippen LogP contribution is 2.37. The van der Waals surface area contributed by atoms with Crippen molar-refractivity contribution in [2.45, 2.75) is 12.7 Å². The van der Waals surface area contributed by atoms with E-state index in [9.17, 15) is 28.1 Å². The van der Waals surface area contributed by atoms with Crippen LogP contribution in [0.1, 0.15) is 11.3 Å². The minimum atomic E-state index is -4.82. The van der Waals surface area contributed by atoms with Gasteiger partial charge in [-0.25, -0.2) is 0 Å². The summed E-state index contributed by atoms with van der Waals surface area (Å²) in [7, 11) is 0. The lowest BCUT2D eigenvalue weighted by atomic mass is 10.1. The summed E-state index contributed by atoms with van der Waals surface area (Å²) in [5, 5.41) is 14.8. The number of rotatable bonds is 4. The number of benzene rings is 1. The van der Waals surface area contributed by atoms with Gasteiger partial charge in [0.1, 0.15) is 5.56 Å². The van der Waals surface area contributed by atoms with Gasteiger partial charge in [0.15, 0.2) is 0 Å². The number of anilines is 1. The first-order valence-corrected chi connectivity index (χ1v) is 6.41. The zero-order chi connectivity index (χ0) is 15.6. The van der Waals surface area contributed by atoms with Crippen LogP contribution in [0, 0.1) is 10.1 Å². The van der Waals surface area contributed by atoms with Crippen LogP contribution < -0.4 is 10.2 Å². The normalized spacial score (nSPS) is 11.4. The van der Waals surface area contributed by atoms with E-state index in [1.807, 2.05) is 0 Å². The highest BCUT2D eigenvalue weighted by Gasteiger charge is 2.38. The van der Waals surface area contributed by atoms with Gasteiger partial charge in [-0.15, -0.1) is 0 Å². The van der Waals surface area contributed by atoms with Crippen LogP contribution in [0.4, 0.5) is 24.5 Å². The second-order valence-electron chi connectivity index (χ2n) is 4.01. The molecule has 0 amide bonds. The van der Waals surface area contributed by atoms with Crippen LogP contribution >= 0.6 is 11.3 Å². The van der Waals surface area contributed by atoms with Gasteiger partial charge in [0.25, 0.3) is 5.69 Å². The molecule has 0 aliphatic carbocycles. The molecular formula is C11H8F3N3O3S. The molecule has 0 bridgehead atoms. The number of nitrogens with zero attached hydrogens (tertiary/aromatic N) is 1. The number of nitro groups is 1. The summed E-state index contributed by atoms with van der Waals surface area (Å²) in [4.78, 5) is 22.7. The molecule has 2 N–H and O–H groups in total. The van der Waals surface area contributed by atoms with Crippen LogP contribution in [0.5, 0.6) is 0 Å². The number of nitrogens with one attached hydrogen (secondary N) is 2. The summed E-state index contributed by atoms with van der Waals surface area (Å²) in [6.07, 6.45) is -4.82. The van der Waals surface area contributed by atoms with Crippen molar-refractivity contribution in [3.8, 4) is 0 Å². The average Bonchev–Trinajstić information content (AvgIpc) is 2.81. The molecule has 0 unspecified atom stereocenters. The number of aromatic nitrogens is 1. The van der Waals surface area contributed by atoms with Crippen molar-refractivity contribution in [2.75, 3.05) is 5.32 Å². The largest absolute Gasteiger partial charge is 0.423 e. The van der Waals surface area contributed by atoms with E-state index in [1.54, 1.807) is 0 Å². The van der Waals surface area contributed by atoms with Crippen molar-refractivity contribution in [3.63, 3.8) is 0 Å². The third-order valence-corrected chi connectivity index (χ3v) is 3.27. The monoisotopic (exact) mass is 319 g/mol. The van der Waals surface area contributed by atoms with E-state index in [1.165, 1.54) is 11.4 Å². The predicted molar refractivity (Wildman–Crippen MR) is 70.4 cm³/mol. The maximum atomic E-state index is 12.8. The van der Waals surface area contributed by atoms with Crippen LogP contribution in [-0.2, 0) is 12.7 Å². The zero-order valence-corrected chi connectivity index (χ0v) is 11.0. The fraction of sp³-hybridized carbons (Fsp3) is 0.182. The molecule has 6 nitrogen and oxygen atoms in total. The fourth-order valence-corrected chi connectivity index (χ4v) is 2.21. The molecule has 1 aromatic carbocycles. The SMILES string of the molecule is O=c1[nH]c(CNc2ccc([N+](=O)[O-])c(C(F)(F)F)c2)cs1. The molecule has 0 saturated heterocycles. The number of halogens is 3. The van der Waals surface area contributed by atoms with Crippen LogP contribution in [0.3, 0.4) is 0 Å². The van der Waals surface area contributed by atoms with Crippen LogP contribution in [0.15, 0.2) is 28.4 Å². The molecule has 21 heavy (non-hydrogen) atoms. The summed E-state index contributed by atoms with van der Waals surface area (Å²) >= 11 is 0.933. The summed E-state index contributed by atoms with van der Waals surface area (Å²) in [6, 6.07) is 2.64. The van der Waals surface area contributed by atoms with Gasteiger partial charge in [-0.1, -0.05) is 11.3 Å². The van der Waals surface area contributed by atoms with Gasteiger partial charge in [0.2, 0.25) is 0 Å². The number of nitro benzene ring substituents is 1. The van der Waals surface area contributed by atoms with E-state index in [0.29, 0.717) is 11.8 Å². The average molecular weight is 319 g/mol. The molecule has 112 valence electrons. The lowest BCUT2D eigenvalue weighted by molar-refractivity contribution is -0.388. The van der Waals surface area contributed by atoms with Crippen LogP contribution in [0.2, 0.25) is 0 Å². The summed E-state index contributed by atoms with van der Waals surface area (Å²) < 4.78 is 38.3. The lowest BCUT2D eigenvalue weighted by Gasteiger charge is -2.10. The van der Waals surface area contributed by atoms with Gasteiger partial charge in [0, 0.05) is 22.8 Å². The van der Waals surface area contributed by atoms with E-state index in [4.69, 9.17) is 0 Å². The summed E-state index contributed by atoms with van der Waals surface area (Å²) in [6.45, 7) is 0.105. The third kappa shape index (κ3) is 3.60. The Bertz CT molecular complexity index is 723. The number of alkyl halides is 3. The van der Waals surface area contributed by atoms with E-state index in [-0.39, 0.29) is 17.1 Å². The molecule has 0 atom stereocenters. The van der Waals surface area contributed by atoms with Crippen LogP contribution in [-0.4, -0.2) is 9.91 Å². The number of hydrogen-bond acceptors (Lipinski definition) is 5. The zero-order valence-electron chi connectivity index (χ0n) is 10.2. The highest BCUT2D eigenvalue weighted by atomic mass is 32.1. The first-order valence-electron chi connectivity index (χ1n) is 5.53. The second kappa shape index (κ2) is 5.56. The Morgan fingerprint density at radius 2 is 2.10 bits per heavy atom. The van der Waals surface area contributed by atoms with Crippen molar-refractivity contribution >= 4 is 22.7 Å². The lowest BCUT2D eigenvalue weighted by Crippen LogP contribution is -2.10. The maximum absolute atomic E-state index is 12.8. The van der Waals surface area contributed by atoms with Gasteiger partial charge in [-0.05, 0) is 12.1 Å². The summed E-state index contributed by atoms with van der Waals surface area (Å²) in [5.74, 6) is 0. The molecular weight excluding hydrogens is 311 g/mol. The molecule has 0 aliphatic heterocycles. The molecule has 2 rings (SSSR count). The Kier molecular flexibility index (Phi) is 3.98.